The monoisotopic (exact) mass is 467 g/mol. The highest BCUT2D eigenvalue weighted by molar-refractivity contribution is 6.12. The third-order valence-corrected chi connectivity index (χ3v) is 7.07. The number of ketones is 1. The molecule has 4 rings (SSSR count). The average molecular weight is 468 g/mol. The van der Waals surface area contributed by atoms with Crippen LogP contribution in [0.5, 0.6) is 5.75 Å². The summed E-state index contributed by atoms with van der Waals surface area (Å²) in [6.07, 6.45) is 4.15. The SMILES string of the molecule is CCOc1ccccc1[C@H]1C(C(=O)OC2CCCC2)=C(C)NC2=C1C(=O)[C@H](C(=O)OC)[C@@H](C)C2. The Morgan fingerprint density at radius 3 is 2.53 bits per heavy atom. The lowest BCUT2D eigenvalue weighted by molar-refractivity contribution is -0.151. The summed E-state index contributed by atoms with van der Waals surface area (Å²) >= 11 is 0. The summed E-state index contributed by atoms with van der Waals surface area (Å²) in [6.45, 7) is 6.04. The van der Waals surface area contributed by atoms with Crippen LogP contribution in [0.2, 0.25) is 0 Å². The van der Waals surface area contributed by atoms with Crippen molar-refractivity contribution in [1.82, 2.24) is 5.32 Å². The van der Waals surface area contributed by atoms with E-state index in [-0.39, 0.29) is 17.8 Å². The number of para-hydroxylation sites is 1. The molecule has 1 aromatic rings. The Morgan fingerprint density at radius 1 is 1.15 bits per heavy atom. The Balaban J connectivity index is 1.84. The molecule has 182 valence electrons. The van der Waals surface area contributed by atoms with Crippen LogP contribution in [-0.2, 0) is 23.9 Å². The van der Waals surface area contributed by atoms with E-state index in [4.69, 9.17) is 14.2 Å². The molecule has 0 unspecified atom stereocenters. The van der Waals surface area contributed by atoms with Crippen molar-refractivity contribution in [3.63, 3.8) is 0 Å². The van der Waals surface area contributed by atoms with E-state index in [1.54, 1.807) is 0 Å². The second-order valence-electron chi connectivity index (χ2n) is 9.32. The van der Waals surface area contributed by atoms with Gasteiger partial charge in [0.05, 0.1) is 25.2 Å². The number of Topliss-reactive ketones (excluding diaryl/α,β-unsaturated/α-hetero) is 1. The highest BCUT2D eigenvalue weighted by atomic mass is 16.5. The lowest BCUT2D eigenvalue weighted by Gasteiger charge is -2.38. The van der Waals surface area contributed by atoms with Crippen molar-refractivity contribution in [2.45, 2.75) is 64.9 Å². The number of ether oxygens (including phenoxy) is 3. The second kappa shape index (κ2) is 10.0. The van der Waals surface area contributed by atoms with Gasteiger partial charge in [-0.25, -0.2) is 4.79 Å². The van der Waals surface area contributed by atoms with Crippen molar-refractivity contribution in [3.05, 3.63) is 52.4 Å². The zero-order valence-corrected chi connectivity index (χ0v) is 20.3. The number of dihydropyridines is 1. The molecule has 0 amide bonds. The van der Waals surface area contributed by atoms with Crippen LogP contribution in [0.25, 0.3) is 0 Å². The molecular formula is C27H33NO6. The predicted molar refractivity (Wildman–Crippen MR) is 126 cm³/mol. The molecule has 0 spiro atoms. The van der Waals surface area contributed by atoms with Crippen LogP contribution in [0.4, 0.5) is 0 Å². The molecule has 0 radical (unpaired) electrons. The van der Waals surface area contributed by atoms with Crippen LogP contribution in [0.3, 0.4) is 0 Å². The Kier molecular flexibility index (Phi) is 7.10. The fraction of sp³-hybridized carbons (Fsp3) is 0.519. The number of rotatable bonds is 6. The molecule has 1 N–H and O–H groups in total. The predicted octanol–water partition coefficient (Wildman–Crippen LogP) is 4.18. The minimum atomic E-state index is -0.919. The van der Waals surface area contributed by atoms with E-state index in [9.17, 15) is 14.4 Å². The number of methoxy groups -OCH3 is 1. The minimum absolute atomic E-state index is 0.115. The van der Waals surface area contributed by atoms with Gasteiger partial charge in [-0.3, -0.25) is 9.59 Å². The van der Waals surface area contributed by atoms with E-state index >= 15 is 0 Å². The fourth-order valence-electron chi connectivity index (χ4n) is 5.49. The average Bonchev–Trinajstić information content (AvgIpc) is 3.31. The van der Waals surface area contributed by atoms with Gasteiger partial charge >= 0.3 is 11.9 Å². The first-order valence-corrected chi connectivity index (χ1v) is 12.1. The molecule has 7 nitrogen and oxygen atoms in total. The highest BCUT2D eigenvalue weighted by Crippen LogP contribution is 2.47. The number of esters is 2. The first-order chi connectivity index (χ1) is 16.4. The maximum atomic E-state index is 13.8. The lowest BCUT2D eigenvalue weighted by Crippen LogP contribution is -2.43. The summed E-state index contributed by atoms with van der Waals surface area (Å²) in [5, 5.41) is 3.31. The van der Waals surface area contributed by atoms with Gasteiger partial charge in [-0.05, 0) is 57.9 Å². The van der Waals surface area contributed by atoms with E-state index in [1.165, 1.54) is 7.11 Å². The van der Waals surface area contributed by atoms with E-state index in [1.807, 2.05) is 45.0 Å². The summed E-state index contributed by atoms with van der Waals surface area (Å²) in [7, 11) is 1.29. The van der Waals surface area contributed by atoms with Gasteiger partial charge in [-0.2, -0.15) is 0 Å². The molecule has 34 heavy (non-hydrogen) atoms. The molecule has 0 saturated heterocycles. The molecule has 0 aromatic heterocycles. The molecule has 1 heterocycles. The summed E-state index contributed by atoms with van der Waals surface area (Å²) in [5.74, 6) is -2.54. The van der Waals surface area contributed by atoms with Gasteiger partial charge in [-0.15, -0.1) is 0 Å². The third-order valence-electron chi connectivity index (χ3n) is 7.07. The van der Waals surface area contributed by atoms with Crippen LogP contribution in [0.15, 0.2) is 46.8 Å². The molecule has 1 fully saturated rings. The van der Waals surface area contributed by atoms with Crippen molar-refractivity contribution in [3.8, 4) is 5.75 Å². The highest BCUT2D eigenvalue weighted by Gasteiger charge is 2.48. The van der Waals surface area contributed by atoms with Gasteiger partial charge in [0.25, 0.3) is 0 Å². The zero-order chi connectivity index (χ0) is 24.4. The van der Waals surface area contributed by atoms with Gasteiger partial charge in [0.2, 0.25) is 0 Å². The topological polar surface area (TPSA) is 90.9 Å². The normalized spacial score (nSPS) is 25.1. The number of hydrogen-bond donors (Lipinski definition) is 1. The molecule has 1 aliphatic heterocycles. The first-order valence-electron chi connectivity index (χ1n) is 12.1. The largest absolute Gasteiger partial charge is 0.494 e. The smallest absolute Gasteiger partial charge is 0.337 e. The van der Waals surface area contributed by atoms with Gasteiger partial charge in [-0.1, -0.05) is 25.1 Å². The number of nitrogens with one attached hydrogen (secondary N) is 1. The van der Waals surface area contributed by atoms with Crippen molar-refractivity contribution < 1.29 is 28.6 Å². The number of hydrogen-bond acceptors (Lipinski definition) is 7. The first kappa shape index (κ1) is 24.0. The summed E-state index contributed by atoms with van der Waals surface area (Å²) in [5.41, 5.74) is 2.93. The van der Waals surface area contributed by atoms with E-state index < -0.39 is 23.8 Å². The second-order valence-corrected chi connectivity index (χ2v) is 9.32. The minimum Gasteiger partial charge on any atom is -0.494 e. The van der Waals surface area contributed by atoms with E-state index in [2.05, 4.69) is 5.32 Å². The Bertz CT molecular complexity index is 1050. The summed E-state index contributed by atoms with van der Waals surface area (Å²) in [4.78, 5) is 39.9. The number of carbonyl (C=O) groups is 3. The van der Waals surface area contributed by atoms with Crippen LogP contribution in [0, 0.1) is 11.8 Å². The van der Waals surface area contributed by atoms with E-state index in [0.717, 1.165) is 31.4 Å². The molecule has 2 aliphatic carbocycles. The third kappa shape index (κ3) is 4.36. The van der Waals surface area contributed by atoms with Gasteiger partial charge in [0.1, 0.15) is 17.8 Å². The molecular weight excluding hydrogens is 434 g/mol. The lowest BCUT2D eigenvalue weighted by atomic mass is 9.69. The van der Waals surface area contributed by atoms with Gasteiger partial charge in [0.15, 0.2) is 5.78 Å². The quantitative estimate of drug-likeness (QED) is 0.496. The molecule has 3 aliphatic rings. The summed E-state index contributed by atoms with van der Waals surface area (Å²) in [6, 6.07) is 7.44. The Hall–Kier alpha value is -3.09. The number of carbonyl (C=O) groups excluding carboxylic acids is 3. The molecule has 1 saturated carbocycles. The van der Waals surface area contributed by atoms with Crippen LogP contribution in [-0.4, -0.2) is 37.5 Å². The number of benzene rings is 1. The molecule has 3 atom stereocenters. The van der Waals surface area contributed by atoms with Crippen molar-refractivity contribution >= 4 is 17.7 Å². The van der Waals surface area contributed by atoms with Crippen molar-refractivity contribution in [1.29, 1.82) is 0 Å². The standard InChI is InChI=1S/C27H33NO6/c1-5-33-20-13-9-8-12-18(20)23-22(27(31)34-17-10-6-7-11-17)16(3)28-19-14-15(2)21(26(30)32-4)25(29)24(19)23/h8-9,12-13,15,17,21,23,28H,5-7,10-11,14H2,1-4H3/t15-,21+,23-/m0/s1. The van der Waals surface area contributed by atoms with Gasteiger partial charge in [0, 0.05) is 22.5 Å². The maximum Gasteiger partial charge on any atom is 0.337 e. The van der Waals surface area contributed by atoms with Crippen molar-refractivity contribution in [2.24, 2.45) is 11.8 Å². The maximum absolute atomic E-state index is 13.8. The van der Waals surface area contributed by atoms with Crippen LogP contribution in [0.1, 0.15) is 64.4 Å². The summed E-state index contributed by atoms with van der Waals surface area (Å²) < 4.78 is 16.8. The van der Waals surface area contributed by atoms with Crippen LogP contribution < -0.4 is 10.1 Å². The van der Waals surface area contributed by atoms with Gasteiger partial charge < -0.3 is 19.5 Å². The molecule has 1 aromatic carbocycles. The Labute approximate surface area is 200 Å². The molecule has 0 bridgehead atoms. The van der Waals surface area contributed by atoms with Crippen LogP contribution >= 0.6 is 0 Å². The van der Waals surface area contributed by atoms with Crippen molar-refractivity contribution in [2.75, 3.05) is 13.7 Å². The zero-order valence-electron chi connectivity index (χ0n) is 20.3. The Morgan fingerprint density at radius 2 is 1.85 bits per heavy atom. The number of allylic oxidation sites excluding steroid dienone is 3. The van der Waals surface area contributed by atoms with E-state index in [0.29, 0.717) is 41.2 Å². The fourth-order valence-corrected chi connectivity index (χ4v) is 5.49. The molecule has 7 heteroatoms.